The lowest BCUT2D eigenvalue weighted by molar-refractivity contribution is -0.161. The molecule has 0 saturated carbocycles. The number of halogens is 2. The first-order valence-electron chi connectivity index (χ1n) is 5.17. The molecule has 1 unspecified atom stereocenters. The van der Waals surface area contributed by atoms with E-state index >= 15 is 0 Å². The highest BCUT2D eigenvalue weighted by Crippen LogP contribution is 2.31. The monoisotopic (exact) mass is 256 g/mol. The Bertz CT molecular complexity index is 541. The smallest absolute Gasteiger partial charge is 0.350 e. The van der Waals surface area contributed by atoms with Crippen LogP contribution in [0.4, 0.5) is 8.78 Å². The van der Waals surface area contributed by atoms with Crippen LogP contribution < -0.4 is 0 Å². The Balaban J connectivity index is 2.52. The van der Waals surface area contributed by atoms with Gasteiger partial charge in [0.25, 0.3) is 0 Å². The summed E-state index contributed by atoms with van der Waals surface area (Å²) in [5, 5.41) is 0. The molecule has 0 bridgehead atoms. The fourth-order valence-corrected chi connectivity index (χ4v) is 1.98. The molecule has 1 aromatic rings. The average Bonchev–Trinajstić information content (AvgIpc) is 2.25. The zero-order valence-electron chi connectivity index (χ0n) is 9.75. The average molecular weight is 256 g/mol. The lowest BCUT2D eigenvalue weighted by atomic mass is 9.89. The molecule has 1 heterocycles. The van der Waals surface area contributed by atoms with Crippen LogP contribution in [0.5, 0.6) is 0 Å². The number of carbonyl (C=O) groups excluding carboxylic acids is 2. The lowest BCUT2D eigenvalue weighted by Gasteiger charge is -2.31. The molecule has 6 heteroatoms. The third-order valence-electron chi connectivity index (χ3n) is 2.80. The summed E-state index contributed by atoms with van der Waals surface area (Å²) in [6.07, 6.45) is -0.130. The lowest BCUT2D eigenvalue weighted by Crippen LogP contribution is -2.46. The van der Waals surface area contributed by atoms with E-state index in [9.17, 15) is 18.4 Å². The molecule has 0 aromatic heterocycles. The van der Waals surface area contributed by atoms with Gasteiger partial charge in [-0.25, -0.2) is 18.4 Å². The molecule has 1 aromatic carbocycles. The Morgan fingerprint density at radius 3 is 2.72 bits per heavy atom. The van der Waals surface area contributed by atoms with Gasteiger partial charge in [-0.2, -0.15) is 0 Å². The van der Waals surface area contributed by atoms with Crippen molar-refractivity contribution in [1.29, 1.82) is 0 Å². The summed E-state index contributed by atoms with van der Waals surface area (Å²) in [7, 11) is 1.14. The number of methoxy groups -OCH3 is 1. The summed E-state index contributed by atoms with van der Waals surface area (Å²) in [5.74, 6) is -3.58. The van der Waals surface area contributed by atoms with Crippen LogP contribution in [0.1, 0.15) is 22.8 Å². The van der Waals surface area contributed by atoms with Crippen LogP contribution in [-0.4, -0.2) is 24.6 Å². The Morgan fingerprint density at radius 2 is 2.11 bits per heavy atom. The highest BCUT2D eigenvalue weighted by Gasteiger charge is 2.44. The van der Waals surface area contributed by atoms with Crippen molar-refractivity contribution in [3.63, 3.8) is 0 Å². The molecule has 0 spiro atoms. The number of hydrogen-bond acceptors (Lipinski definition) is 4. The van der Waals surface area contributed by atoms with Gasteiger partial charge in [0.05, 0.1) is 12.7 Å². The molecule has 2 rings (SSSR count). The molecule has 0 radical (unpaired) electrons. The first-order chi connectivity index (χ1) is 8.37. The standard InChI is InChI=1S/C12H10F2O4/c1-12(11(16)17-2)5-6-3-7(13)4-8(14)9(6)10(15)18-12/h3-4H,5H2,1-2H3. The predicted octanol–water partition coefficient (Wildman–Crippen LogP) is 1.61. The van der Waals surface area contributed by atoms with Gasteiger partial charge in [0.2, 0.25) is 5.60 Å². The van der Waals surface area contributed by atoms with Gasteiger partial charge in [-0.3, -0.25) is 0 Å². The Kier molecular flexibility index (Phi) is 2.80. The van der Waals surface area contributed by atoms with Crippen LogP contribution >= 0.6 is 0 Å². The minimum absolute atomic E-state index is 0.0941. The maximum absolute atomic E-state index is 13.5. The van der Waals surface area contributed by atoms with Crippen molar-refractivity contribution in [3.05, 3.63) is 34.9 Å². The van der Waals surface area contributed by atoms with Gasteiger partial charge < -0.3 is 9.47 Å². The number of esters is 2. The van der Waals surface area contributed by atoms with Crippen molar-refractivity contribution in [2.45, 2.75) is 18.9 Å². The zero-order chi connectivity index (χ0) is 13.5. The Morgan fingerprint density at radius 1 is 1.44 bits per heavy atom. The largest absolute Gasteiger partial charge is 0.466 e. The molecule has 0 saturated heterocycles. The number of fused-ring (bicyclic) bond motifs is 1. The van der Waals surface area contributed by atoms with E-state index in [1.165, 1.54) is 6.92 Å². The van der Waals surface area contributed by atoms with Gasteiger partial charge in [0.15, 0.2) is 0 Å². The van der Waals surface area contributed by atoms with E-state index in [0.717, 1.165) is 13.2 Å². The number of benzene rings is 1. The van der Waals surface area contributed by atoms with E-state index in [1.54, 1.807) is 0 Å². The van der Waals surface area contributed by atoms with Gasteiger partial charge in [0, 0.05) is 12.5 Å². The molecule has 1 aliphatic heterocycles. The van der Waals surface area contributed by atoms with Crippen molar-refractivity contribution in [1.82, 2.24) is 0 Å². The SMILES string of the molecule is COC(=O)C1(C)Cc2cc(F)cc(F)c2C(=O)O1. The van der Waals surface area contributed by atoms with Gasteiger partial charge in [-0.1, -0.05) is 0 Å². The maximum Gasteiger partial charge on any atom is 0.350 e. The molecule has 0 amide bonds. The molecule has 1 atom stereocenters. The summed E-state index contributed by atoms with van der Waals surface area (Å²) in [4.78, 5) is 23.2. The topological polar surface area (TPSA) is 52.6 Å². The highest BCUT2D eigenvalue weighted by atomic mass is 19.1. The second-order valence-corrected chi connectivity index (χ2v) is 4.21. The van der Waals surface area contributed by atoms with E-state index in [1.807, 2.05) is 0 Å². The number of cyclic esters (lactones) is 1. The molecule has 0 N–H and O–H groups in total. The van der Waals surface area contributed by atoms with Crippen molar-refractivity contribution in [2.24, 2.45) is 0 Å². The van der Waals surface area contributed by atoms with Gasteiger partial charge in [-0.15, -0.1) is 0 Å². The predicted molar refractivity (Wildman–Crippen MR) is 55.9 cm³/mol. The Hall–Kier alpha value is -1.98. The fourth-order valence-electron chi connectivity index (χ4n) is 1.98. The second-order valence-electron chi connectivity index (χ2n) is 4.21. The molecule has 4 nitrogen and oxygen atoms in total. The summed E-state index contributed by atoms with van der Waals surface area (Å²) < 4.78 is 36.0. The number of rotatable bonds is 1. The van der Waals surface area contributed by atoms with Crippen LogP contribution in [0, 0.1) is 11.6 Å². The molecular weight excluding hydrogens is 246 g/mol. The van der Waals surface area contributed by atoms with E-state index < -0.39 is 29.2 Å². The van der Waals surface area contributed by atoms with Crippen molar-refractivity contribution in [2.75, 3.05) is 7.11 Å². The van der Waals surface area contributed by atoms with E-state index in [4.69, 9.17) is 4.74 Å². The number of hydrogen-bond donors (Lipinski definition) is 0. The van der Waals surface area contributed by atoms with Crippen LogP contribution in [0.15, 0.2) is 12.1 Å². The summed E-state index contributed by atoms with van der Waals surface area (Å²) in [6, 6.07) is 1.61. The molecule has 96 valence electrons. The molecule has 0 fully saturated rings. The normalized spacial score (nSPS) is 22.1. The first kappa shape index (κ1) is 12.5. The third kappa shape index (κ3) is 1.83. The second kappa shape index (κ2) is 4.04. The van der Waals surface area contributed by atoms with Crippen LogP contribution in [-0.2, 0) is 20.7 Å². The van der Waals surface area contributed by atoms with Crippen molar-refractivity contribution >= 4 is 11.9 Å². The van der Waals surface area contributed by atoms with Crippen LogP contribution in [0.2, 0.25) is 0 Å². The summed E-state index contributed by atoms with van der Waals surface area (Å²) >= 11 is 0. The third-order valence-corrected chi connectivity index (χ3v) is 2.80. The fraction of sp³-hybridized carbons (Fsp3) is 0.333. The number of carbonyl (C=O) groups is 2. The minimum atomic E-state index is -1.56. The first-order valence-corrected chi connectivity index (χ1v) is 5.17. The van der Waals surface area contributed by atoms with E-state index in [-0.39, 0.29) is 17.5 Å². The molecular formula is C12H10F2O4. The van der Waals surface area contributed by atoms with E-state index in [0.29, 0.717) is 6.07 Å². The molecule has 0 aliphatic carbocycles. The maximum atomic E-state index is 13.5. The highest BCUT2D eigenvalue weighted by molar-refractivity contribution is 5.96. The summed E-state index contributed by atoms with van der Waals surface area (Å²) in [5.41, 5.74) is -1.80. The Labute approximate surface area is 101 Å². The zero-order valence-corrected chi connectivity index (χ0v) is 9.75. The van der Waals surface area contributed by atoms with Gasteiger partial charge in [-0.05, 0) is 18.6 Å². The summed E-state index contributed by atoms with van der Waals surface area (Å²) in [6.45, 7) is 1.34. The number of ether oxygens (including phenoxy) is 2. The molecule has 1 aliphatic rings. The van der Waals surface area contributed by atoms with E-state index in [2.05, 4.69) is 4.74 Å². The molecule has 18 heavy (non-hydrogen) atoms. The van der Waals surface area contributed by atoms with Crippen LogP contribution in [0.3, 0.4) is 0 Å². The van der Waals surface area contributed by atoms with Crippen molar-refractivity contribution < 1.29 is 27.8 Å². The minimum Gasteiger partial charge on any atom is -0.466 e. The van der Waals surface area contributed by atoms with Gasteiger partial charge >= 0.3 is 11.9 Å². The van der Waals surface area contributed by atoms with Crippen molar-refractivity contribution in [3.8, 4) is 0 Å². The quantitative estimate of drug-likeness (QED) is 0.716. The van der Waals surface area contributed by atoms with Gasteiger partial charge in [0.1, 0.15) is 11.6 Å². The van der Waals surface area contributed by atoms with Crippen LogP contribution in [0.25, 0.3) is 0 Å².